The van der Waals surface area contributed by atoms with E-state index in [-0.39, 0.29) is 6.61 Å². The number of carbonyl (C=O) groups excluding carboxylic acids is 3. The Morgan fingerprint density at radius 3 is 2.07 bits per heavy atom. The SMILES string of the molecule is COc1ccc(COC(=O)NC(C)(C)CCCCCCCN(CCC(C)(C)NC(=O)OC(C)(C)C)C(=O)Oc2ccc3c(ccc4c5c(ccc43)C=CC5)c2)cc1. The van der Waals surface area contributed by atoms with E-state index in [0.29, 0.717) is 25.3 Å². The first-order valence-corrected chi connectivity index (χ1v) is 20.2. The van der Waals surface area contributed by atoms with Crippen molar-refractivity contribution in [3.8, 4) is 11.5 Å². The van der Waals surface area contributed by atoms with Gasteiger partial charge in [-0.25, -0.2) is 14.4 Å². The number of fused-ring (bicyclic) bond motifs is 5. The molecule has 0 atom stereocenters. The second kappa shape index (κ2) is 18.8. The van der Waals surface area contributed by atoms with Gasteiger partial charge < -0.3 is 34.5 Å². The monoisotopic (exact) mass is 779 g/mol. The number of hydrogen-bond acceptors (Lipinski definition) is 7. The number of allylic oxidation sites excluding steroid dienone is 1. The number of ether oxygens (including phenoxy) is 4. The number of methoxy groups -OCH3 is 1. The van der Waals surface area contributed by atoms with E-state index in [9.17, 15) is 14.4 Å². The number of unbranched alkanes of at least 4 members (excludes halogenated alkanes) is 4. The van der Waals surface area contributed by atoms with Crippen LogP contribution in [0.2, 0.25) is 0 Å². The van der Waals surface area contributed by atoms with Crippen LogP contribution in [0.4, 0.5) is 14.4 Å². The Kier molecular flexibility index (Phi) is 14.1. The first-order valence-electron chi connectivity index (χ1n) is 20.2. The number of hydrogen-bond donors (Lipinski definition) is 2. The zero-order chi connectivity index (χ0) is 41.2. The van der Waals surface area contributed by atoms with Gasteiger partial charge in [0.2, 0.25) is 0 Å². The molecule has 2 N–H and O–H groups in total. The van der Waals surface area contributed by atoms with Crippen molar-refractivity contribution < 1.29 is 33.3 Å². The Morgan fingerprint density at radius 1 is 0.684 bits per heavy atom. The summed E-state index contributed by atoms with van der Waals surface area (Å²) in [7, 11) is 1.61. The lowest BCUT2D eigenvalue weighted by Crippen LogP contribution is -2.48. The number of carbonyl (C=O) groups is 3. The van der Waals surface area contributed by atoms with Gasteiger partial charge in [-0.3, -0.25) is 0 Å². The van der Waals surface area contributed by atoms with Crippen molar-refractivity contribution in [1.29, 1.82) is 0 Å². The van der Waals surface area contributed by atoms with Crippen molar-refractivity contribution in [3.05, 3.63) is 89.5 Å². The van der Waals surface area contributed by atoms with Crippen molar-refractivity contribution in [2.45, 2.75) is 123 Å². The molecule has 10 heteroatoms. The van der Waals surface area contributed by atoms with Crippen LogP contribution in [0.1, 0.15) is 110 Å². The molecule has 0 heterocycles. The molecule has 0 spiro atoms. The van der Waals surface area contributed by atoms with Gasteiger partial charge in [0.1, 0.15) is 23.7 Å². The molecule has 0 saturated heterocycles. The van der Waals surface area contributed by atoms with Gasteiger partial charge in [-0.05, 0) is 137 Å². The van der Waals surface area contributed by atoms with Gasteiger partial charge in [-0.1, -0.05) is 80.3 Å². The summed E-state index contributed by atoms with van der Waals surface area (Å²) in [6.45, 7) is 14.5. The Labute approximate surface area is 338 Å². The van der Waals surface area contributed by atoms with Crippen LogP contribution in [-0.4, -0.2) is 60.1 Å². The molecule has 306 valence electrons. The number of amides is 3. The van der Waals surface area contributed by atoms with E-state index in [2.05, 4.69) is 47.1 Å². The average molecular weight is 780 g/mol. The molecule has 5 rings (SSSR count). The molecule has 0 radical (unpaired) electrons. The highest BCUT2D eigenvalue weighted by atomic mass is 16.6. The van der Waals surface area contributed by atoms with E-state index in [4.69, 9.17) is 18.9 Å². The van der Waals surface area contributed by atoms with E-state index >= 15 is 0 Å². The molecule has 57 heavy (non-hydrogen) atoms. The predicted octanol–water partition coefficient (Wildman–Crippen LogP) is 11.1. The molecule has 1 aliphatic carbocycles. The minimum atomic E-state index is -0.622. The van der Waals surface area contributed by atoms with E-state index in [1.54, 1.807) is 12.0 Å². The number of nitrogens with one attached hydrogen (secondary N) is 2. The first kappa shape index (κ1) is 42.9. The minimum Gasteiger partial charge on any atom is -0.497 e. The van der Waals surface area contributed by atoms with Crippen LogP contribution in [0.3, 0.4) is 0 Å². The number of benzene rings is 4. The molecule has 0 saturated carbocycles. The van der Waals surface area contributed by atoms with E-state index in [1.807, 2.05) is 90.9 Å². The number of alkyl carbamates (subject to hydrolysis) is 2. The summed E-state index contributed by atoms with van der Waals surface area (Å²) >= 11 is 0. The lowest BCUT2D eigenvalue weighted by molar-refractivity contribution is 0.0463. The Morgan fingerprint density at radius 2 is 1.33 bits per heavy atom. The van der Waals surface area contributed by atoms with Crippen LogP contribution in [0.5, 0.6) is 11.5 Å². The van der Waals surface area contributed by atoms with Gasteiger partial charge in [0.15, 0.2) is 0 Å². The van der Waals surface area contributed by atoms with Crippen LogP contribution in [-0.2, 0) is 22.5 Å². The summed E-state index contributed by atoms with van der Waals surface area (Å²) in [5.74, 6) is 1.25. The molecule has 4 aromatic rings. The van der Waals surface area contributed by atoms with E-state index in [0.717, 1.165) is 67.0 Å². The Bertz CT molecular complexity index is 2050. The number of nitrogens with zero attached hydrogens (tertiary/aromatic N) is 1. The van der Waals surface area contributed by atoms with Crippen LogP contribution >= 0.6 is 0 Å². The molecule has 0 fully saturated rings. The quantitative estimate of drug-likeness (QED) is 0.0810. The average Bonchev–Trinajstić information content (AvgIpc) is 3.63. The third-order valence-electron chi connectivity index (χ3n) is 10.3. The van der Waals surface area contributed by atoms with Crippen molar-refractivity contribution in [2.24, 2.45) is 0 Å². The fourth-order valence-electron chi connectivity index (χ4n) is 7.12. The smallest absolute Gasteiger partial charge is 0.415 e. The Balaban J connectivity index is 1.12. The zero-order valence-electron chi connectivity index (χ0n) is 35.1. The van der Waals surface area contributed by atoms with E-state index in [1.165, 1.54) is 21.9 Å². The fourth-order valence-corrected chi connectivity index (χ4v) is 7.12. The second-order valence-electron chi connectivity index (χ2n) is 17.4. The van der Waals surface area contributed by atoms with Gasteiger partial charge in [-0.15, -0.1) is 0 Å². The van der Waals surface area contributed by atoms with E-state index < -0.39 is 35.0 Å². The van der Waals surface area contributed by atoms with Gasteiger partial charge in [0.25, 0.3) is 0 Å². The highest BCUT2D eigenvalue weighted by molar-refractivity contribution is 6.10. The highest BCUT2D eigenvalue weighted by Crippen LogP contribution is 2.34. The normalized spacial score (nSPS) is 12.6. The lowest BCUT2D eigenvalue weighted by Gasteiger charge is -2.31. The Hall–Kier alpha value is -5.25. The number of rotatable bonds is 17. The van der Waals surface area contributed by atoms with Crippen LogP contribution in [0, 0.1) is 0 Å². The van der Waals surface area contributed by atoms with Gasteiger partial charge in [0.05, 0.1) is 7.11 Å². The molecule has 0 aromatic heterocycles. The lowest BCUT2D eigenvalue weighted by atomic mass is 9.96. The second-order valence-corrected chi connectivity index (χ2v) is 17.4. The molecule has 1 aliphatic rings. The highest BCUT2D eigenvalue weighted by Gasteiger charge is 2.27. The van der Waals surface area contributed by atoms with Crippen molar-refractivity contribution >= 4 is 45.9 Å². The van der Waals surface area contributed by atoms with Crippen LogP contribution in [0.25, 0.3) is 27.6 Å². The molecule has 3 amide bonds. The molecule has 10 nitrogen and oxygen atoms in total. The van der Waals surface area contributed by atoms with Gasteiger partial charge >= 0.3 is 18.3 Å². The maximum absolute atomic E-state index is 13.8. The van der Waals surface area contributed by atoms with Gasteiger partial charge in [-0.2, -0.15) is 0 Å². The molecular weight excluding hydrogens is 719 g/mol. The third kappa shape index (κ3) is 12.9. The minimum absolute atomic E-state index is 0.188. The standard InChI is InChI=1S/C47H61N3O7/c1-45(2,3)57-43(52)49-47(6,7)28-30-50(29-13-11-9-10-12-27-46(4,5)48-42(51)55-32-33-17-21-36(54-8)22-18-33)44(53)56-37-23-26-39-35(31-37)20-25-40-38-16-14-15-34(38)19-24-41(39)40/h14-15,17-26,31H,9-13,16,27-30,32H2,1-8H3,(H,48,51)(H,49,52). The first-order chi connectivity index (χ1) is 27.0. The maximum atomic E-state index is 13.8. The van der Waals surface area contributed by atoms with Crippen molar-refractivity contribution in [2.75, 3.05) is 20.2 Å². The fraction of sp³-hybridized carbons (Fsp3) is 0.468. The van der Waals surface area contributed by atoms with Crippen molar-refractivity contribution in [3.63, 3.8) is 0 Å². The summed E-state index contributed by atoms with van der Waals surface area (Å²) in [6.07, 6.45) is 9.95. The summed E-state index contributed by atoms with van der Waals surface area (Å²) < 4.78 is 22.1. The largest absolute Gasteiger partial charge is 0.497 e. The molecule has 4 aromatic carbocycles. The molecule has 0 bridgehead atoms. The van der Waals surface area contributed by atoms with Crippen molar-refractivity contribution in [1.82, 2.24) is 15.5 Å². The maximum Gasteiger partial charge on any atom is 0.415 e. The van der Waals surface area contributed by atoms with Crippen LogP contribution in [0.15, 0.2) is 72.8 Å². The van der Waals surface area contributed by atoms with Gasteiger partial charge in [0, 0.05) is 24.2 Å². The molecule has 0 unspecified atom stereocenters. The summed E-state index contributed by atoms with van der Waals surface area (Å²) in [5, 5.41) is 10.5. The zero-order valence-corrected chi connectivity index (χ0v) is 35.1. The molecule has 0 aliphatic heterocycles. The third-order valence-corrected chi connectivity index (χ3v) is 10.3. The predicted molar refractivity (Wildman–Crippen MR) is 228 cm³/mol. The topological polar surface area (TPSA) is 115 Å². The summed E-state index contributed by atoms with van der Waals surface area (Å²) in [6, 6.07) is 21.9. The summed E-state index contributed by atoms with van der Waals surface area (Å²) in [5.41, 5.74) is 1.86. The van der Waals surface area contributed by atoms with Crippen LogP contribution < -0.4 is 20.1 Å². The molecular formula is C47H61N3O7. The summed E-state index contributed by atoms with van der Waals surface area (Å²) in [4.78, 5) is 40.6.